The zero-order valence-corrected chi connectivity index (χ0v) is 12.0. The van der Waals surface area contributed by atoms with Gasteiger partial charge in [-0.05, 0) is 27.2 Å². The number of rotatable bonds is 3. The molecule has 1 aliphatic heterocycles. The number of hydrogen-bond donors (Lipinski definition) is 0. The number of nitrogens with zero attached hydrogens (tertiary/aromatic N) is 1. The molecule has 1 aliphatic rings. The van der Waals surface area contributed by atoms with Crippen molar-refractivity contribution in [1.82, 2.24) is 4.90 Å². The number of esters is 1. The third kappa shape index (κ3) is 3.55. The monoisotopic (exact) mass is 285 g/mol. The molecule has 2 atom stereocenters. The van der Waals surface area contributed by atoms with Crippen molar-refractivity contribution in [1.29, 1.82) is 0 Å². The molecular formula is C13H19NO6. The fourth-order valence-electron chi connectivity index (χ4n) is 2.01. The number of likely N-dealkylation sites (tertiary alicyclic amines) is 1. The van der Waals surface area contributed by atoms with Crippen molar-refractivity contribution in [3.05, 3.63) is 0 Å². The zero-order valence-electron chi connectivity index (χ0n) is 12.0. The van der Waals surface area contributed by atoms with Crippen LogP contribution < -0.4 is 0 Å². The highest BCUT2D eigenvalue weighted by Gasteiger charge is 2.48. The van der Waals surface area contributed by atoms with Crippen LogP contribution >= 0.6 is 0 Å². The smallest absolute Gasteiger partial charge is 0.417 e. The molecule has 0 N–H and O–H groups in total. The number of carbonyl (C=O) groups is 4. The maximum atomic E-state index is 12.1. The van der Waals surface area contributed by atoms with E-state index >= 15 is 0 Å². The van der Waals surface area contributed by atoms with Gasteiger partial charge < -0.3 is 14.3 Å². The molecule has 0 spiro atoms. The molecule has 7 heteroatoms. The van der Waals surface area contributed by atoms with Crippen LogP contribution in [0.5, 0.6) is 0 Å². The lowest BCUT2D eigenvalue weighted by atomic mass is 10.0. The fraction of sp³-hybridized carbons (Fsp3) is 0.692. The quantitative estimate of drug-likeness (QED) is 0.565. The number of aldehydes is 1. The van der Waals surface area contributed by atoms with Gasteiger partial charge in [0.1, 0.15) is 17.9 Å². The van der Waals surface area contributed by atoms with Crippen LogP contribution in [-0.2, 0) is 23.9 Å². The van der Waals surface area contributed by atoms with Crippen LogP contribution in [0, 0.1) is 5.92 Å². The van der Waals surface area contributed by atoms with E-state index in [2.05, 4.69) is 4.74 Å². The summed E-state index contributed by atoms with van der Waals surface area (Å²) in [6.07, 6.45) is -0.267. The molecule has 0 aromatic carbocycles. The van der Waals surface area contributed by atoms with Gasteiger partial charge in [-0.2, -0.15) is 0 Å². The molecule has 0 radical (unpaired) electrons. The lowest BCUT2D eigenvalue weighted by Crippen LogP contribution is -2.46. The Balaban J connectivity index is 2.98. The van der Waals surface area contributed by atoms with Crippen LogP contribution in [-0.4, -0.2) is 47.9 Å². The van der Waals surface area contributed by atoms with E-state index in [9.17, 15) is 19.2 Å². The van der Waals surface area contributed by atoms with E-state index in [1.807, 2.05) is 0 Å². The molecule has 112 valence electrons. The zero-order chi connectivity index (χ0) is 15.5. The summed E-state index contributed by atoms with van der Waals surface area (Å²) in [6, 6.07) is -1.03. The Morgan fingerprint density at radius 3 is 2.45 bits per heavy atom. The van der Waals surface area contributed by atoms with Gasteiger partial charge in [0.2, 0.25) is 5.91 Å². The number of imide groups is 1. The van der Waals surface area contributed by atoms with Crippen molar-refractivity contribution >= 4 is 24.3 Å². The van der Waals surface area contributed by atoms with Crippen molar-refractivity contribution in [2.24, 2.45) is 5.92 Å². The van der Waals surface area contributed by atoms with Gasteiger partial charge in [-0.3, -0.25) is 4.79 Å². The normalized spacial score (nSPS) is 22.6. The SMILES string of the molecule is COC(=O)[C@@H]1C[C@@H](CC=O)C(=O)N1C(=O)OC(C)(C)C. The number of carbonyl (C=O) groups excluding carboxylic acids is 4. The van der Waals surface area contributed by atoms with Crippen LogP contribution in [0.4, 0.5) is 4.79 Å². The number of methoxy groups -OCH3 is 1. The topological polar surface area (TPSA) is 90.0 Å². The van der Waals surface area contributed by atoms with Crippen LogP contribution in [0.1, 0.15) is 33.6 Å². The highest BCUT2D eigenvalue weighted by molar-refractivity contribution is 6.01. The molecule has 0 unspecified atom stereocenters. The molecule has 0 aromatic heterocycles. The molecule has 1 heterocycles. The highest BCUT2D eigenvalue weighted by Crippen LogP contribution is 2.29. The minimum Gasteiger partial charge on any atom is -0.467 e. The average Bonchev–Trinajstić information content (AvgIpc) is 2.64. The van der Waals surface area contributed by atoms with E-state index in [1.165, 1.54) is 7.11 Å². The van der Waals surface area contributed by atoms with Gasteiger partial charge in [-0.25, -0.2) is 14.5 Å². The number of hydrogen-bond acceptors (Lipinski definition) is 6. The predicted octanol–water partition coefficient (Wildman–Crippen LogP) is 0.901. The minimum atomic E-state index is -1.03. The van der Waals surface area contributed by atoms with E-state index in [1.54, 1.807) is 20.8 Å². The number of amides is 2. The minimum absolute atomic E-state index is 0.0361. The standard InChI is InChI=1S/C13H19NO6/c1-13(2,3)20-12(18)14-9(11(17)19-4)7-8(5-6-15)10(14)16/h6,8-9H,5,7H2,1-4H3/t8-,9+/m1/s1. The lowest BCUT2D eigenvalue weighted by molar-refractivity contribution is -0.148. The first-order chi connectivity index (χ1) is 9.21. The molecule has 2 amide bonds. The summed E-state index contributed by atoms with van der Waals surface area (Å²) in [5.41, 5.74) is -0.791. The highest BCUT2D eigenvalue weighted by atomic mass is 16.6. The van der Waals surface area contributed by atoms with Crippen molar-refractivity contribution in [3.8, 4) is 0 Å². The second-order valence-corrected chi connectivity index (χ2v) is 5.56. The van der Waals surface area contributed by atoms with Crippen LogP contribution in [0.3, 0.4) is 0 Å². The number of ether oxygens (including phenoxy) is 2. The summed E-state index contributed by atoms with van der Waals surface area (Å²) in [5.74, 6) is -1.97. The molecule has 0 saturated carbocycles. The third-order valence-electron chi connectivity index (χ3n) is 2.85. The Morgan fingerprint density at radius 2 is 2.00 bits per heavy atom. The van der Waals surface area contributed by atoms with Gasteiger partial charge in [0.05, 0.1) is 7.11 Å². The second-order valence-electron chi connectivity index (χ2n) is 5.56. The average molecular weight is 285 g/mol. The van der Waals surface area contributed by atoms with Crippen molar-refractivity contribution in [3.63, 3.8) is 0 Å². The summed E-state index contributed by atoms with van der Waals surface area (Å²) in [7, 11) is 1.17. The lowest BCUT2D eigenvalue weighted by Gasteiger charge is -2.26. The van der Waals surface area contributed by atoms with Crippen molar-refractivity contribution < 1.29 is 28.7 Å². The van der Waals surface area contributed by atoms with Gasteiger partial charge in [0.15, 0.2) is 0 Å². The summed E-state index contributed by atoms with van der Waals surface area (Å²) in [6.45, 7) is 4.96. The van der Waals surface area contributed by atoms with E-state index in [0.29, 0.717) is 6.29 Å². The van der Waals surface area contributed by atoms with Crippen molar-refractivity contribution in [2.75, 3.05) is 7.11 Å². The molecule has 1 fully saturated rings. The molecule has 20 heavy (non-hydrogen) atoms. The molecule has 7 nitrogen and oxygen atoms in total. The largest absolute Gasteiger partial charge is 0.467 e. The fourth-order valence-corrected chi connectivity index (χ4v) is 2.01. The van der Waals surface area contributed by atoms with Gasteiger partial charge in [0, 0.05) is 12.3 Å². The Labute approximate surface area is 117 Å². The molecular weight excluding hydrogens is 266 g/mol. The van der Waals surface area contributed by atoms with Gasteiger partial charge in [-0.15, -0.1) is 0 Å². The summed E-state index contributed by atoms with van der Waals surface area (Å²) >= 11 is 0. The van der Waals surface area contributed by atoms with E-state index < -0.39 is 35.5 Å². The van der Waals surface area contributed by atoms with E-state index in [4.69, 9.17) is 4.74 Å². The molecule has 1 rings (SSSR count). The van der Waals surface area contributed by atoms with E-state index in [0.717, 1.165) is 4.90 Å². The molecule has 0 bridgehead atoms. The first-order valence-electron chi connectivity index (χ1n) is 6.28. The maximum Gasteiger partial charge on any atom is 0.417 e. The maximum absolute atomic E-state index is 12.1. The molecule has 0 aromatic rings. The Kier molecular flexibility index (Phi) is 4.86. The molecule has 0 aliphatic carbocycles. The summed E-state index contributed by atoms with van der Waals surface area (Å²) in [5, 5.41) is 0. The first-order valence-corrected chi connectivity index (χ1v) is 6.28. The van der Waals surface area contributed by atoms with E-state index in [-0.39, 0.29) is 12.8 Å². The van der Waals surface area contributed by atoms with Gasteiger partial charge in [0.25, 0.3) is 0 Å². The Bertz CT molecular complexity index is 425. The summed E-state index contributed by atoms with van der Waals surface area (Å²) < 4.78 is 9.70. The van der Waals surface area contributed by atoms with Gasteiger partial charge >= 0.3 is 12.1 Å². The van der Waals surface area contributed by atoms with Gasteiger partial charge in [-0.1, -0.05) is 0 Å². The van der Waals surface area contributed by atoms with Crippen LogP contribution in [0.15, 0.2) is 0 Å². The second kappa shape index (κ2) is 6.02. The Hall–Kier alpha value is -1.92. The van der Waals surface area contributed by atoms with Crippen LogP contribution in [0.2, 0.25) is 0 Å². The predicted molar refractivity (Wildman–Crippen MR) is 67.7 cm³/mol. The van der Waals surface area contributed by atoms with Crippen LogP contribution in [0.25, 0.3) is 0 Å². The summed E-state index contributed by atoms with van der Waals surface area (Å²) in [4.78, 5) is 47.1. The van der Waals surface area contributed by atoms with Crippen molar-refractivity contribution in [2.45, 2.75) is 45.3 Å². The molecule has 1 saturated heterocycles. The third-order valence-corrected chi connectivity index (χ3v) is 2.85. The Morgan fingerprint density at radius 1 is 1.40 bits per heavy atom. The first kappa shape index (κ1) is 16.1.